The van der Waals surface area contributed by atoms with Gasteiger partial charge in [-0.25, -0.2) is 8.42 Å². The van der Waals surface area contributed by atoms with Crippen molar-refractivity contribution in [2.75, 3.05) is 12.0 Å². The van der Waals surface area contributed by atoms with Crippen molar-refractivity contribution in [2.45, 2.75) is 25.8 Å². The SMILES string of the molecule is CC1(C)CC1(N)CS(C)(=O)=O. The third-order valence-corrected chi connectivity index (χ3v) is 3.54. The molecule has 1 fully saturated rings. The zero-order chi connectivity index (χ0) is 8.91. The third-order valence-electron chi connectivity index (χ3n) is 2.50. The van der Waals surface area contributed by atoms with Gasteiger partial charge in [-0.1, -0.05) is 13.8 Å². The first-order chi connectivity index (χ1) is 4.66. The van der Waals surface area contributed by atoms with Crippen molar-refractivity contribution < 1.29 is 8.42 Å². The maximum absolute atomic E-state index is 10.9. The van der Waals surface area contributed by atoms with Gasteiger partial charge < -0.3 is 5.73 Å². The van der Waals surface area contributed by atoms with E-state index >= 15 is 0 Å². The Morgan fingerprint density at radius 3 is 1.91 bits per heavy atom. The van der Waals surface area contributed by atoms with Crippen molar-refractivity contribution in [3.05, 3.63) is 0 Å². The third kappa shape index (κ3) is 1.73. The minimum absolute atomic E-state index is 0.0100. The normalized spacial score (nSPS) is 35.3. The summed E-state index contributed by atoms with van der Waals surface area (Å²) in [7, 11) is -2.92. The van der Waals surface area contributed by atoms with Gasteiger partial charge in [0.2, 0.25) is 0 Å². The molecule has 0 spiro atoms. The van der Waals surface area contributed by atoms with E-state index in [-0.39, 0.29) is 11.2 Å². The molecule has 0 aromatic heterocycles. The van der Waals surface area contributed by atoms with Crippen molar-refractivity contribution in [3.8, 4) is 0 Å². The van der Waals surface area contributed by atoms with Gasteiger partial charge in [0.1, 0.15) is 9.84 Å². The van der Waals surface area contributed by atoms with Crippen molar-refractivity contribution in [1.82, 2.24) is 0 Å². The molecule has 0 bridgehead atoms. The molecule has 3 nitrogen and oxygen atoms in total. The Hall–Kier alpha value is -0.0900. The maximum Gasteiger partial charge on any atom is 0.149 e. The molecule has 0 aliphatic heterocycles. The molecule has 1 saturated carbocycles. The van der Waals surface area contributed by atoms with Crippen molar-refractivity contribution >= 4 is 9.84 Å². The van der Waals surface area contributed by atoms with E-state index in [9.17, 15) is 8.42 Å². The number of hydrogen-bond donors (Lipinski definition) is 1. The summed E-state index contributed by atoms with van der Waals surface area (Å²) in [5.74, 6) is 0.118. The first-order valence-electron chi connectivity index (χ1n) is 3.63. The van der Waals surface area contributed by atoms with Crippen LogP contribution in [0.1, 0.15) is 20.3 Å². The van der Waals surface area contributed by atoms with Crippen LogP contribution in [0, 0.1) is 5.41 Å². The van der Waals surface area contributed by atoms with E-state index in [0.717, 1.165) is 6.42 Å². The summed E-state index contributed by atoms with van der Waals surface area (Å²) in [5.41, 5.74) is 5.38. The van der Waals surface area contributed by atoms with Gasteiger partial charge in [0.25, 0.3) is 0 Å². The van der Waals surface area contributed by atoms with E-state index < -0.39 is 15.4 Å². The summed E-state index contributed by atoms with van der Waals surface area (Å²) < 4.78 is 21.8. The summed E-state index contributed by atoms with van der Waals surface area (Å²) in [5, 5.41) is 0. The average molecular weight is 177 g/mol. The molecule has 11 heavy (non-hydrogen) atoms. The first kappa shape index (κ1) is 9.00. The predicted octanol–water partition coefficient (Wildman–Crippen LogP) is 0.158. The number of nitrogens with two attached hydrogens (primary N) is 1. The minimum Gasteiger partial charge on any atom is -0.324 e. The van der Waals surface area contributed by atoms with Crippen LogP contribution in [0.15, 0.2) is 0 Å². The van der Waals surface area contributed by atoms with Crippen LogP contribution in [-0.2, 0) is 9.84 Å². The molecule has 0 amide bonds. The predicted molar refractivity (Wildman–Crippen MR) is 45.0 cm³/mol. The van der Waals surface area contributed by atoms with Gasteiger partial charge in [-0.05, 0) is 11.8 Å². The Labute approximate surface area is 67.9 Å². The molecule has 0 saturated heterocycles. The van der Waals surface area contributed by atoms with E-state index in [1.54, 1.807) is 0 Å². The summed E-state index contributed by atoms with van der Waals surface area (Å²) in [6.07, 6.45) is 2.04. The van der Waals surface area contributed by atoms with E-state index in [4.69, 9.17) is 5.73 Å². The van der Waals surface area contributed by atoms with Crippen LogP contribution in [0.2, 0.25) is 0 Å². The van der Waals surface area contributed by atoms with Gasteiger partial charge in [0.05, 0.1) is 5.75 Å². The fourth-order valence-electron chi connectivity index (χ4n) is 1.46. The highest BCUT2D eigenvalue weighted by Crippen LogP contribution is 2.53. The molecular formula is C7H15NO2S. The van der Waals surface area contributed by atoms with Crippen molar-refractivity contribution in [2.24, 2.45) is 11.1 Å². The van der Waals surface area contributed by atoms with Crippen molar-refractivity contribution in [3.63, 3.8) is 0 Å². The summed E-state index contributed by atoms with van der Waals surface area (Å²) in [4.78, 5) is 0. The lowest BCUT2D eigenvalue weighted by molar-refractivity contribution is 0.515. The van der Waals surface area contributed by atoms with Crippen LogP contribution in [0.25, 0.3) is 0 Å². The Kier molecular flexibility index (Phi) is 1.62. The molecule has 1 aliphatic rings. The summed E-state index contributed by atoms with van der Waals surface area (Å²) >= 11 is 0. The smallest absolute Gasteiger partial charge is 0.149 e. The Morgan fingerprint density at radius 1 is 1.45 bits per heavy atom. The van der Waals surface area contributed by atoms with Crippen LogP contribution in [0.5, 0.6) is 0 Å². The Morgan fingerprint density at radius 2 is 1.82 bits per heavy atom. The number of hydrogen-bond acceptors (Lipinski definition) is 3. The van der Waals surface area contributed by atoms with Gasteiger partial charge in [0.15, 0.2) is 0 Å². The topological polar surface area (TPSA) is 60.2 Å². The zero-order valence-electron chi connectivity index (χ0n) is 7.22. The molecule has 0 heterocycles. The second-order valence-electron chi connectivity index (χ2n) is 4.29. The molecule has 1 atom stereocenters. The van der Waals surface area contributed by atoms with Crippen LogP contribution in [0.3, 0.4) is 0 Å². The van der Waals surface area contributed by atoms with Gasteiger partial charge in [-0.3, -0.25) is 0 Å². The molecular weight excluding hydrogens is 162 g/mol. The van der Waals surface area contributed by atoms with Gasteiger partial charge in [0, 0.05) is 11.8 Å². The average Bonchev–Trinajstić information content (AvgIpc) is 1.96. The Bertz CT molecular complexity index is 268. The standard InChI is InChI=1S/C7H15NO2S/c1-6(2)4-7(6,8)5-11(3,9)10/h4-5,8H2,1-3H3. The lowest BCUT2D eigenvalue weighted by Crippen LogP contribution is -2.36. The van der Waals surface area contributed by atoms with Crippen LogP contribution >= 0.6 is 0 Å². The highest BCUT2D eigenvalue weighted by atomic mass is 32.2. The number of sulfone groups is 1. The van der Waals surface area contributed by atoms with E-state index in [2.05, 4.69) is 0 Å². The monoisotopic (exact) mass is 177 g/mol. The molecule has 0 radical (unpaired) electrons. The molecule has 1 rings (SSSR count). The highest BCUT2D eigenvalue weighted by molar-refractivity contribution is 7.90. The van der Waals surface area contributed by atoms with Crippen LogP contribution in [0.4, 0.5) is 0 Å². The van der Waals surface area contributed by atoms with E-state index in [0.29, 0.717) is 0 Å². The number of rotatable bonds is 2. The van der Waals surface area contributed by atoms with Gasteiger partial charge in [-0.2, -0.15) is 0 Å². The lowest BCUT2D eigenvalue weighted by atomic mass is 10.1. The quantitative estimate of drug-likeness (QED) is 0.653. The molecule has 0 aromatic rings. The maximum atomic E-state index is 10.9. The fourth-order valence-corrected chi connectivity index (χ4v) is 2.89. The zero-order valence-corrected chi connectivity index (χ0v) is 8.03. The Balaban J connectivity index is 2.68. The summed E-state index contributed by atoms with van der Waals surface area (Å²) in [6.45, 7) is 4.00. The second kappa shape index (κ2) is 1.98. The van der Waals surface area contributed by atoms with Crippen molar-refractivity contribution in [1.29, 1.82) is 0 Å². The lowest BCUT2D eigenvalue weighted by Gasteiger charge is -2.12. The molecule has 4 heteroatoms. The molecule has 0 aromatic carbocycles. The molecule has 1 unspecified atom stereocenters. The summed E-state index contributed by atoms with van der Waals surface area (Å²) in [6, 6.07) is 0. The van der Waals surface area contributed by atoms with Crippen LogP contribution < -0.4 is 5.73 Å². The molecule has 1 aliphatic carbocycles. The van der Waals surface area contributed by atoms with Gasteiger partial charge in [-0.15, -0.1) is 0 Å². The largest absolute Gasteiger partial charge is 0.324 e. The second-order valence-corrected chi connectivity index (χ2v) is 6.43. The first-order valence-corrected chi connectivity index (χ1v) is 5.69. The highest BCUT2D eigenvalue weighted by Gasteiger charge is 2.59. The molecule has 2 N–H and O–H groups in total. The molecule has 66 valence electrons. The van der Waals surface area contributed by atoms with Gasteiger partial charge >= 0.3 is 0 Å². The fraction of sp³-hybridized carbons (Fsp3) is 1.00. The van der Waals surface area contributed by atoms with E-state index in [1.807, 2.05) is 13.8 Å². The minimum atomic E-state index is -2.92. The van der Waals surface area contributed by atoms with Crippen LogP contribution in [-0.4, -0.2) is 26.0 Å². The van der Waals surface area contributed by atoms with E-state index in [1.165, 1.54) is 6.26 Å².